The van der Waals surface area contributed by atoms with Crippen molar-refractivity contribution >= 4 is 5.91 Å². The molecular formula is C19H23NO3. The molecule has 4 heteroatoms. The fraction of sp³-hybridized carbons (Fsp3) is 0.421. The third-order valence-corrected chi connectivity index (χ3v) is 4.58. The third kappa shape index (κ3) is 2.79. The van der Waals surface area contributed by atoms with Gasteiger partial charge in [0.05, 0.1) is 18.2 Å². The number of aliphatic hydroxyl groups excluding tert-OH is 1. The quantitative estimate of drug-likeness (QED) is 0.944. The first kappa shape index (κ1) is 15.8. The summed E-state index contributed by atoms with van der Waals surface area (Å²) >= 11 is 0. The highest BCUT2D eigenvalue weighted by atomic mass is 16.3. The summed E-state index contributed by atoms with van der Waals surface area (Å²) in [6, 6.07) is 9.58. The second-order valence-electron chi connectivity index (χ2n) is 6.42. The van der Waals surface area contributed by atoms with E-state index in [-0.39, 0.29) is 24.5 Å². The molecule has 0 saturated heterocycles. The molecule has 1 atom stereocenters. The molecule has 0 fully saturated rings. The van der Waals surface area contributed by atoms with Crippen molar-refractivity contribution in [3.05, 3.63) is 58.5 Å². The van der Waals surface area contributed by atoms with E-state index in [1.165, 1.54) is 5.56 Å². The number of aliphatic hydroxyl groups is 1. The molecule has 1 N–H and O–H groups in total. The zero-order valence-corrected chi connectivity index (χ0v) is 13.9. The number of aryl methyl sites for hydroxylation is 1. The summed E-state index contributed by atoms with van der Waals surface area (Å²) in [6.07, 6.45) is 0.812. The summed E-state index contributed by atoms with van der Waals surface area (Å²) in [5, 5.41) is 9.85. The molecule has 1 aliphatic rings. The van der Waals surface area contributed by atoms with E-state index in [4.69, 9.17) is 4.42 Å². The van der Waals surface area contributed by atoms with Gasteiger partial charge in [-0.05, 0) is 30.5 Å². The van der Waals surface area contributed by atoms with Crippen molar-refractivity contribution in [2.24, 2.45) is 0 Å². The highest BCUT2D eigenvalue weighted by Gasteiger charge is 2.32. The van der Waals surface area contributed by atoms with Crippen LogP contribution in [0.5, 0.6) is 0 Å². The van der Waals surface area contributed by atoms with Gasteiger partial charge in [-0.25, -0.2) is 0 Å². The number of carbonyl (C=O) groups excluding carboxylic acids is 1. The van der Waals surface area contributed by atoms with Gasteiger partial charge in [0.1, 0.15) is 11.5 Å². The molecule has 0 radical (unpaired) electrons. The molecule has 1 unspecified atom stereocenters. The van der Waals surface area contributed by atoms with Crippen LogP contribution < -0.4 is 0 Å². The molecule has 0 bridgehead atoms. The summed E-state index contributed by atoms with van der Waals surface area (Å²) in [5.41, 5.74) is 2.86. The van der Waals surface area contributed by atoms with E-state index >= 15 is 0 Å². The topological polar surface area (TPSA) is 53.7 Å². The minimum Gasteiger partial charge on any atom is -0.465 e. The lowest BCUT2D eigenvalue weighted by molar-refractivity contribution is 0.0567. The van der Waals surface area contributed by atoms with Crippen molar-refractivity contribution in [3.8, 4) is 0 Å². The van der Waals surface area contributed by atoms with Gasteiger partial charge in [-0.15, -0.1) is 0 Å². The van der Waals surface area contributed by atoms with Gasteiger partial charge in [0.25, 0.3) is 5.91 Å². The molecule has 122 valence electrons. The number of nitrogens with zero attached hydrogens (tertiary/aromatic N) is 1. The van der Waals surface area contributed by atoms with Crippen molar-refractivity contribution in [2.75, 3.05) is 13.2 Å². The number of rotatable bonds is 3. The van der Waals surface area contributed by atoms with E-state index in [0.29, 0.717) is 17.9 Å². The molecule has 0 aliphatic carbocycles. The predicted octanol–water partition coefficient (Wildman–Crippen LogP) is 3.44. The minimum atomic E-state index is -0.288. The van der Waals surface area contributed by atoms with E-state index in [1.807, 2.05) is 45.0 Å². The van der Waals surface area contributed by atoms with Crippen molar-refractivity contribution in [2.45, 2.75) is 39.2 Å². The predicted molar refractivity (Wildman–Crippen MR) is 88.5 cm³/mol. The highest BCUT2D eigenvalue weighted by Crippen LogP contribution is 2.32. The van der Waals surface area contributed by atoms with Crippen LogP contribution in [0.25, 0.3) is 0 Å². The van der Waals surface area contributed by atoms with Gasteiger partial charge in [-0.1, -0.05) is 38.1 Å². The fourth-order valence-electron chi connectivity index (χ4n) is 3.25. The molecule has 0 spiro atoms. The third-order valence-electron chi connectivity index (χ3n) is 4.58. The Hall–Kier alpha value is -2.07. The zero-order chi connectivity index (χ0) is 16.6. The first-order valence-electron chi connectivity index (χ1n) is 8.13. The van der Waals surface area contributed by atoms with Crippen LogP contribution in [0.15, 0.2) is 34.7 Å². The summed E-state index contributed by atoms with van der Waals surface area (Å²) in [4.78, 5) is 14.8. The van der Waals surface area contributed by atoms with Crippen molar-refractivity contribution in [1.29, 1.82) is 0 Å². The summed E-state index contributed by atoms with van der Waals surface area (Å²) in [5.74, 6) is 1.65. The molecule has 2 heterocycles. The van der Waals surface area contributed by atoms with Crippen LogP contribution >= 0.6 is 0 Å². The van der Waals surface area contributed by atoms with Crippen LogP contribution in [-0.2, 0) is 6.42 Å². The minimum absolute atomic E-state index is 0.0632. The number of fused-ring (bicyclic) bond motifs is 1. The van der Waals surface area contributed by atoms with E-state index in [0.717, 1.165) is 17.7 Å². The van der Waals surface area contributed by atoms with Crippen LogP contribution in [0.4, 0.5) is 0 Å². The maximum Gasteiger partial charge on any atom is 0.258 e. The van der Waals surface area contributed by atoms with Crippen molar-refractivity contribution in [1.82, 2.24) is 4.90 Å². The molecule has 23 heavy (non-hydrogen) atoms. The Kier molecular flexibility index (Phi) is 4.26. The van der Waals surface area contributed by atoms with E-state index in [9.17, 15) is 9.90 Å². The van der Waals surface area contributed by atoms with Gasteiger partial charge in [-0.3, -0.25) is 4.79 Å². The number of amides is 1. The molecule has 3 rings (SSSR count). The Balaban J connectivity index is 1.94. The number of benzene rings is 1. The summed E-state index contributed by atoms with van der Waals surface area (Å²) in [7, 11) is 0. The lowest BCUT2D eigenvalue weighted by atomic mass is 9.92. The van der Waals surface area contributed by atoms with Gasteiger partial charge in [0.15, 0.2) is 0 Å². The average molecular weight is 313 g/mol. The van der Waals surface area contributed by atoms with Gasteiger partial charge >= 0.3 is 0 Å². The molecular weight excluding hydrogens is 290 g/mol. The Bertz CT molecular complexity index is 717. The van der Waals surface area contributed by atoms with Crippen LogP contribution in [0, 0.1) is 6.92 Å². The molecule has 4 nitrogen and oxygen atoms in total. The van der Waals surface area contributed by atoms with Crippen molar-refractivity contribution < 1.29 is 14.3 Å². The highest BCUT2D eigenvalue weighted by molar-refractivity contribution is 5.95. The maximum absolute atomic E-state index is 13.0. The van der Waals surface area contributed by atoms with Crippen LogP contribution in [-0.4, -0.2) is 29.1 Å². The van der Waals surface area contributed by atoms with E-state index in [1.54, 1.807) is 4.90 Å². The fourth-order valence-corrected chi connectivity index (χ4v) is 3.25. The first-order chi connectivity index (χ1) is 11.0. The Morgan fingerprint density at radius 2 is 2.13 bits per heavy atom. The average Bonchev–Trinajstić information content (AvgIpc) is 2.95. The smallest absolute Gasteiger partial charge is 0.258 e. The monoisotopic (exact) mass is 313 g/mol. The maximum atomic E-state index is 13.0. The molecule has 0 saturated carbocycles. The lowest BCUT2D eigenvalue weighted by Crippen LogP contribution is -2.41. The van der Waals surface area contributed by atoms with Gasteiger partial charge < -0.3 is 14.4 Å². The number of carbonyl (C=O) groups is 1. The Morgan fingerprint density at radius 1 is 1.39 bits per heavy atom. The molecule has 1 aliphatic heterocycles. The SMILES string of the molecule is Cc1oc(C(C)C)cc1C(=O)N1CCc2ccccc2C1CO. The van der Waals surface area contributed by atoms with Crippen LogP contribution in [0.2, 0.25) is 0 Å². The zero-order valence-electron chi connectivity index (χ0n) is 13.9. The normalized spacial score (nSPS) is 17.4. The number of furan rings is 1. The van der Waals surface area contributed by atoms with Gasteiger partial charge in [0.2, 0.25) is 0 Å². The number of hydrogen-bond donors (Lipinski definition) is 1. The van der Waals surface area contributed by atoms with Gasteiger partial charge in [0, 0.05) is 12.5 Å². The van der Waals surface area contributed by atoms with Crippen LogP contribution in [0.1, 0.15) is 58.8 Å². The molecule has 1 aromatic heterocycles. The Morgan fingerprint density at radius 3 is 2.78 bits per heavy atom. The van der Waals surface area contributed by atoms with Crippen LogP contribution in [0.3, 0.4) is 0 Å². The second kappa shape index (κ2) is 6.20. The van der Waals surface area contributed by atoms with Gasteiger partial charge in [-0.2, -0.15) is 0 Å². The standard InChI is InChI=1S/C19H23NO3/c1-12(2)18-10-16(13(3)23-18)19(22)20-9-8-14-6-4-5-7-15(14)17(20)11-21/h4-7,10,12,17,21H,8-9,11H2,1-3H3. The molecule has 1 aromatic carbocycles. The van der Waals surface area contributed by atoms with Crippen molar-refractivity contribution in [3.63, 3.8) is 0 Å². The largest absolute Gasteiger partial charge is 0.465 e. The molecule has 2 aromatic rings. The first-order valence-corrected chi connectivity index (χ1v) is 8.13. The lowest BCUT2D eigenvalue weighted by Gasteiger charge is -2.36. The second-order valence-corrected chi connectivity index (χ2v) is 6.42. The Labute approximate surface area is 136 Å². The molecule has 1 amide bonds. The summed E-state index contributed by atoms with van der Waals surface area (Å²) < 4.78 is 5.72. The summed E-state index contributed by atoms with van der Waals surface area (Å²) in [6.45, 7) is 6.45. The van der Waals surface area contributed by atoms with E-state index in [2.05, 4.69) is 6.07 Å². The number of hydrogen-bond acceptors (Lipinski definition) is 3. The van der Waals surface area contributed by atoms with E-state index < -0.39 is 0 Å².